The maximum Gasteiger partial charge on any atom is 0.222 e. The fraction of sp³-hybridized carbons (Fsp3) is 0.444. The summed E-state index contributed by atoms with van der Waals surface area (Å²) in [4.78, 5) is 19.1. The third-order valence-corrected chi connectivity index (χ3v) is 1.80. The van der Waals surface area contributed by atoms with Crippen molar-refractivity contribution < 1.29 is 4.79 Å². The zero-order valence-corrected chi connectivity index (χ0v) is 8.30. The second-order valence-electron chi connectivity index (χ2n) is 3.01. The van der Waals surface area contributed by atoms with Crippen molar-refractivity contribution in [3.8, 4) is 0 Å². The lowest BCUT2D eigenvalue weighted by molar-refractivity contribution is -0.114. The molecule has 0 radical (unpaired) electrons. The number of nitrogens with one attached hydrogen (secondary N) is 1. The van der Waals surface area contributed by atoms with E-state index in [-0.39, 0.29) is 5.91 Å². The largest absolute Gasteiger partial charge is 0.311 e. The van der Waals surface area contributed by atoms with Crippen molar-refractivity contribution >= 4 is 11.7 Å². The average molecular weight is 179 g/mol. The predicted octanol–water partition coefficient (Wildman–Crippen LogP) is 1.36. The number of amides is 1. The van der Waals surface area contributed by atoms with Crippen molar-refractivity contribution in [2.24, 2.45) is 0 Å². The topological polar surface area (TPSA) is 54.9 Å². The zero-order valence-electron chi connectivity index (χ0n) is 8.30. The van der Waals surface area contributed by atoms with E-state index in [1.165, 1.54) is 6.92 Å². The first-order chi connectivity index (χ1) is 6.00. The molecule has 13 heavy (non-hydrogen) atoms. The third-order valence-electron chi connectivity index (χ3n) is 1.80. The van der Waals surface area contributed by atoms with Gasteiger partial charge in [-0.05, 0) is 20.8 Å². The first-order valence-corrected chi connectivity index (χ1v) is 4.10. The minimum atomic E-state index is -0.111. The lowest BCUT2D eigenvalue weighted by Crippen LogP contribution is -2.11. The number of anilines is 1. The number of hydrogen-bond acceptors (Lipinski definition) is 3. The molecule has 0 aliphatic heterocycles. The summed E-state index contributed by atoms with van der Waals surface area (Å²) >= 11 is 0. The molecular weight excluding hydrogens is 166 g/mol. The second kappa shape index (κ2) is 3.51. The summed E-state index contributed by atoms with van der Waals surface area (Å²) in [6.45, 7) is 7.05. The number of aryl methyl sites for hydroxylation is 2. The van der Waals surface area contributed by atoms with Crippen molar-refractivity contribution in [3.63, 3.8) is 0 Å². The van der Waals surface area contributed by atoms with Crippen LogP contribution in [0.5, 0.6) is 0 Å². The summed E-state index contributed by atoms with van der Waals surface area (Å²) in [6.07, 6.45) is 0. The van der Waals surface area contributed by atoms with E-state index in [0.717, 1.165) is 11.3 Å². The van der Waals surface area contributed by atoms with Crippen LogP contribution in [0, 0.1) is 20.8 Å². The molecule has 0 aromatic carbocycles. The molecule has 0 aliphatic rings. The first kappa shape index (κ1) is 9.64. The highest BCUT2D eigenvalue weighted by Crippen LogP contribution is 2.13. The van der Waals surface area contributed by atoms with Gasteiger partial charge < -0.3 is 5.32 Å². The molecule has 1 heterocycles. The molecule has 1 N–H and O–H groups in total. The Kier molecular flexibility index (Phi) is 2.60. The van der Waals surface area contributed by atoms with E-state index in [4.69, 9.17) is 0 Å². The Morgan fingerprint density at radius 3 is 2.38 bits per heavy atom. The van der Waals surface area contributed by atoms with Gasteiger partial charge in [-0.1, -0.05) is 0 Å². The fourth-order valence-electron chi connectivity index (χ4n) is 1.06. The maximum absolute atomic E-state index is 10.8. The molecule has 70 valence electrons. The lowest BCUT2D eigenvalue weighted by Gasteiger charge is -2.07. The third kappa shape index (κ3) is 2.24. The van der Waals surface area contributed by atoms with E-state index in [0.29, 0.717) is 11.6 Å². The summed E-state index contributed by atoms with van der Waals surface area (Å²) in [7, 11) is 0. The van der Waals surface area contributed by atoms with Gasteiger partial charge in [-0.3, -0.25) is 4.79 Å². The van der Waals surface area contributed by atoms with Crippen LogP contribution < -0.4 is 5.32 Å². The summed E-state index contributed by atoms with van der Waals surface area (Å²) < 4.78 is 0. The van der Waals surface area contributed by atoms with Crippen LogP contribution in [0.2, 0.25) is 0 Å². The van der Waals surface area contributed by atoms with Gasteiger partial charge in [-0.15, -0.1) is 0 Å². The Bertz CT molecular complexity index is 347. The van der Waals surface area contributed by atoms with Gasteiger partial charge in [-0.2, -0.15) is 0 Å². The SMILES string of the molecule is CC(=O)Nc1nc(C)nc(C)c1C. The van der Waals surface area contributed by atoms with Gasteiger partial charge in [0.1, 0.15) is 11.6 Å². The average Bonchev–Trinajstić information content (AvgIpc) is 1.98. The Morgan fingerprint density at radius 1 is 1.23 bits per heavy atom. The van der Waals surface area contributed by atoms with Crippen LogP contribution in [0.15, 0.2) is 0 Å². The number of hydrogen-bond donors (Lipinski definition) is 1. The lowest BCUT2D eigenvalue weighted by atomic mass is 10.2. The molecule has 0 saturated heterocycles. The molecule has 1 aromatic rings. The van der Waals surface area contributed by atoms with Gasteiger partial charge in [0.2, 0.25) is 5.91 Å². The molecule has 0 spiro atoms. The Balaban J connectivity index is 3.12. The Hall–Kier alpha value is -1.45. The highest BCUT2D eigenvalue weighted by molar-refractivity contribution is 5.88. The molecule has 1 rings (SSSR count). The molecular formula is C9H13N3O. The normalized spacial score (nSPS) is 9.85. The number of carbonyl (C=O) groups excluding carboxylic acids is 1. The van der Waals surface area contributed by atoms with Gasteiger partial charge in [0, 0.05) is 18.2 Å². The Labute approximate surface area is 77.4 Å². The highest BCUT2D eigenvalue weighted by atomic mass is 16.1. The van der Waals surface area contributed by atoms with E-state index in [1.807, 2.05) is 13.8 Å². The molecule has 0 aliphatic carbocycles. The molecule has 1 aromatic heterocycles. The first-order valence-electron chi connectivity index (χ1n) is 4.10. The highest BCUT2D eigenvalue weighted by Gasteiger charge is 2.06. The summed E-state index contributed by atoms with van der Waals surface area (Å²) in [5.41, 5.74) is 1.82. The molecule has 4 heteroatoms. The summed E-state index contributed by atoms with van der Waals surface area (Å²) in [5.74, 6) is 1.17. The van der Waals surface area contributed by atoms with Crippen LogP contribution in [0.4, 0.5) is 5.82 Å². The van der Waals surface area contributed by atoms with Crippen molar-refractivity contribution in [1.82, 2.24) is 9.97 Å². The summed E-state index contributed by atoms with van der Waals surface area (Å²) in [5, 5.41) is 2.66. The number of carbonyl (C=O) groups is 1. The fourth-order valence-corrected chi connectivity index (χ4v) is 1.06. The molecule has 1 amide bonds. The van der Waals surface area contributed by atoms with Crippen molar-refractivity contribution in [3.05, 3.63) is 17.1 Å². The predicted molar refractivity (Wildman–Crippen MR) is 50.5 cm³/mol. The summed E-state index contributed by atoms with van der Waals surface area (Å²) in [6, 6.07) is 0. The molecule has 0 fully saturated rings. The number of nitrogens with zero attached hydrogens (tertiary/aromatic N) is 2. The molecule has 4 nitrogen and oxygen atoms in total. The molecule has 0 saturated carbocycles. The Morgan fingerprint density at radius 2 is 1.85 bits per heavy atom. The minimum Gasteiger partial charge on any atom is -0.311 e. The van der Waals surface area contributed by atoms with E-state index in [9.17, 15) is 4.79 Å². The number of rotatable bonds is 1. The van der Waals surface area contributed by atoms with E-state index < -0.39 is 0 Å². The zero-order chi connectivity index (χ0) is 10.0. The van der Waals surface area contributed by atoms with Gasteiger partial charge in [0.05, 0.1) is 0 Å². The van der Waals surface area contributed by atoms with Crippen LogP contribution in [0.3, 0.4) is 0 Å². The number of aromatic nitrogens is 2. The van der Waals surface area contributed by atoms with Gasteiger partial charge in [0.15, 0.2) is 0 Å². The van der Waals surface area contributed by atoms with Crippen LogP contribution in [-0.2, 0) is 4.79 Å². The minimum absolute atomic E-state index is 0.111. The van der Waals surface area contributed by atoms with Gasteiger partial charge in [-0.25, -0.2) is 9.97 Å². The van der Waals surface area contributed by atoms with Crippen LogP contribution in [0.25, 0.3) is 0 Å². The van der Waals surface area contributed by atoms with Gasteiger partial charge in [0.25, 0.3) is 0 Å². The maximum atomic E-state index is 10.8. The molecule has 0 bridgehead atoms. The van der Waals surface area contributed by atoms with Crippen molar-refractivity contribution in [1.29, 1.82) is 0 Å². The van der Waals surface area contributed by atoms with Crippen LogP contribution >= 0.6 is 0 Å². The van der Waals surface area contributed by atoms with E-state index in [1.54, 1.807) is 6.92 Å². The molecule has 0 atom stereocenters. The van der Waals surface area contributed by atoms with E-state index >= 15 is 0 Å². The second-order valence-corrected chi connectivity index (χ2v) is 3.01. The van der Waals surface area contributed by atoms with Crippen molar-refractivity contribution in [2.75, 3.05) is 5.32 Å². The van der Waals surface area contributed by atoms with Crippen LogP contribution in [0.1, 0.15) is 24.0 Å². The molecule has 0 unspecified atom stereocenters. The van der Waals surface area contributed by atoms with Gasteiger partial charge >= 0.3 is 0 Å². The monoisotopic (exact) mass is 179 g/mol. The smallest absolute Gasteiger partial charge is 0.222 e. The van der Waals surface area contributed by atoms with Crippen molar-refractivity contribution in [2.45, 2.75) is 27.7 Å². The quantitative estimate of drug-likeness (QED) is 0.708. The van der Waals surface area contributed by atoms with Crippen LogP contribution in [-0.4, -0.2) is 15.9 Å². The standard InChI is InChI=1S/C9H13N3O/c1-5-6(2)10-7(3)11-9(5)12-8(4)13/h1-4H3,(H,10,11,12,13). The van der Waals surface area contributed by atoms with E-state index in [2.05, 4.69) is 15.3 Å².